The molecule has 1 aromatic rings. The minimum absolute atomic E-state index is 0.292. The number of allylic oxidation sites excluding steroid dienone is 1. The molecular weight excluding hydrogens is 258 g/mol. The van der Waals surface area contributed by atoms with Crippen molar-refractivity contribution in [3.8, 4) is 5.75 Å². The molecule has 20 heavy (non-hydrogen) atoms. The number of hydrogen-bond acceptors (Lipinski definition) is 4. The zero-order chi connectivity index (χ0) is 14.6. The molecule has 106 valence electrons. The van der Waals surface area contributed by atoms with E-state index >= 15 is 0 Å². The van der Waals surface area contributed by atoms with E-state index in [0.29, 0.717) is 30.3 Å². The number of ether oxygens (including phenoxy) is 1. The summed E-state index contributed by atoms with van der Waals surface area (Å²) < 4.78 is 5.11. The number of amides is 2. The fourth-order valence-corrected chi connectivity index (χ4v) is 2.05. The van der Waals surface area contributed by atoms with E-state index in [4.69, 9.17) is 9.57 Å². The molecule has 1 aromatic carbocycles. The highest BCUT2D eigenvalue weighted by Gasteiger charge is 2.43. The number of nitrogens with zero attached hydrogens (tertiary/aromatic N) is 1. The second-order valence-corrected chi connectivity index (χ2v) is 4.92. The van der Waals surface area contributed by atoms with Crippen LogP contribution in [0.25, 0.3) is 0 Å². The van der Waals surface area contributed by atoms with Gasteiger partial charge in [0.05, 0.1) is 12.0 Å². The summed E-state index contributed by atoms with van der Waals surface area (Å²) >= 11 is 0. The number of benzene rings is 1. The van der Waals surface area contributed by atoms with Gasteiger partial charge in [0.15, 0.2) is 0 Å². The first kappa shape index (κ1) is 14.3. The summed E-state index contributed by atoms with van der Waals surface area (Å²) in [4.78, 5) is 29.5. The first-order chi connectivity index (χ1) is 9.57. The predicted molar refractivity (Wildman–Crippen MR) is 72.8 cm³/mol. The van der Waals surface area contributed by atoms with Crippen molar-refractivity contribution >= 4 is 12.0 Å². The third-order valence-corrected chi connectivity index (χ3v) is 3.28. The maximum atomic E-state index is 12.3. The van der Waals surface area contributed by atoms with E-state index in [9.17, 15) is 9.59 Å². The van der Waals surface area contributed by atoms with Crippen LogP contribution in [0, 0.1) is 5.41 Å². The molecule has 0 radical (unpaired) electrons. The lowest BCUT2D eigenvalue weighted by Crippen LogP contribution is -2.51. The molecule has 1 atom stereocenters. The van der Waals surface area contributed by atoms with E-state index in [1.807, 2.05) is 0 Å². The molecule has 0 aromatic heterocycles. The summed E-state index contributed by atoms with van der Waals surface area (Å²) in [6.45, 7) is 5.73. The average molecular weight is 275 g/mol. The Morgan fingerprint density at radius 1 is 1.50 bits per heavy atom. The van der Waals surface area contributed by atoms with Crippen LogP contribution in [0.5, 0.6) is 5.75 Å². The molecule has 1 aliphatic heterocycles. The molecule has 5 heteroatoms. The molecule has 1 aliphatic rings. The molecule has 0 aliphatic carbocycles. The third-order valence-electron chi connectivity index (χ3n) is 3.28. The summed E-state index contributed by atoms with van der Waals surface area (Å²) in [7, 11) is 0. The Labute approximate surface area is 117 Å². The van der Waals surface area contributed by atoms with Crippen LogP contribution < -0.4 is 4.74 Å². The van der Waals surface area contributed by atoms with Crippen molar-refractivity contribution in [1.82, 2.24) is 5.06 Å². The van der Waals surface area contributed by atoms with Gasteiger partial charge < -0.3 is 4.74 Å². The number of hydroxylamine groups is 2. The van der Waals surface area contributed by atoms with Crippen molar-refractivity contribution in [3.05, 3.63) is 43.0 Å². The summed E-state index contributed by atoms with van der Waals surface area (Å²) in [6.07, 6.45) is 1.89. The fourth-order valence-electron chi connectivity index (χ4n) is 2.05. The summed E-state index contributed by atoms with van der Waals surface area (Å²) in [5.74, 6) is -0.0329. The highest BCUT2D eigenvalue weighted by molar-refractivity contribution is 5.95. The SMILES string of the molecule is C=CC[C@]1(C)CCON(C(=O)Oc2ccccc2)C1=O. The van der Waals surface area contributed by atoms with E-state index in [0.717, 1.165) is 0 Å². The van der Waals surface area contributed by atoms with Crippen LogP contribution in [0.3, 0.4) is 0 Å². The molecule has 0 spiro atoms. The topological polar surface area (TPSA) is 55.8 Å². The highest BCUT2D eigenvalue weighted by atomic mass is 16.7. The van der Waals surface area contributed by atoms with Gasteiger partial charge in [0.1, 0.15) is 5.75 Å². The largest absolute Gasteiger partial charge is 0.446 e. The van der Waals surface area contributed by atoms with E-state index in [-0.39, 0.29) is 0 Å². The minimum Gasteiger partial charge on any atom is -0.408 e. The molecule has 1 saturated heterocycles. The van der Waals surface area contributed by atoms with E-state index in [2.05, 4.69) is 6.58 Å². The van der Waals surface area contributed by atoms with Gasteiger partial charge in [0.2, 0.25) is 0 Å². The molecule has 0 unspecified atom stereocenters. The van der Waals surface area contributed by atoms with Gasteiger partial charge in [-0.15, -0.1) is 11.6 Å². The Hall–Kier alpha value is -2.14. The molecule has 0 bridgehead atoms. The van der Waals surface area contributed by atoms with Crippen molar-refractivity contribution in [3.63, 3.8) is 0 Å². The maximum Gasteiger partial charge on any atom is 0.446 e. The quantitative estimate of drug-likeness (QED) is 0.796. The van der Waals surface area contributed by atoms with Gasteiger partial charge >= 0.3 is 6.09 Å². The van der Waals surface area contributed by atoms with Crippen LogP contribution in [-0.2, 0) is 9.63 Å². The average Bonchev–Trinajstić information content (AvgIpc) is 2.43. The number of rotatable bonds is 3. The summed E-state index contributed by atoms with van der Waals surface area (Å²) in [5.41, 5.74) is -0.671. The van der Waals surface area contributed by atoms with Gasteiger partial charge in [-0.1, -0.05) is 31.2 Å². The summed E-state index contributed by atoms with van der Waals surface area (Å²) in [5, 5.41) is 0.708. The number of para-hydroxylation sites is 1. The van der Waals surface area contributed by atoms with Gasteiger partial charge in [-0.05, 0) is 25.0 Å². The first-order valence-corrected chi connectivity index (χ1v) is 6.42. The van der Waals surface area contributed by atoms with E-state index in [1.54, 1.807) is 43.3 Å². The first-order valence-electron chi connectivity index (χ1n) is 6.42. The smallest absolute Gasteiger partial charge is 0.408 e. The minimum atomic E-state index is -0.823. The van der Waals surface area contributed by atoms with E-state index in [1.165, 1.54) is 0 Å². The van der Waals surface area contributed by atoms with Crippen LogP contribution in [-0.4, -0.2) is 23.7 Å². The van der Waals surface area contributed by atoms with Crippen LogP contribution in [0.1, 0.15) is 19.8 Å². The Morgan fingerprint density at radius 2 is 2.20 bits per heavy atom. The second-order valence-electron chi connectivity index (χ2n) is 4.92. The number of carbonyl (C=O) groups excluding carboxylic acids is 2. The predicted octanol–water partition coefficient (Wildman–Crippen LogP) is 2.93. The highest BCUT2D eigenvalue weighted by Crippen LogP contribution is 2.33. The monoisotopic (exact) mass is 275 g/mol. The lowest BCUT2D eigenvalue weighted by atomic mass is 9.82. The lowest BCUT2D eigenvalue weighted by Gasteiger charge is -2.35. The van der Waals surface area contributed by atoms with Gasteiger partial charge in [0.25, 0.3) is 5.91 Å². The van der Waals surface area contributed by atoms with Crippen LogP contribution in [0.15, 0.2) is 43.0 Å². The molecule has 0 N–H and O–H groups in total. The van der Waals surface area contributed by atoms with Crippen LogP contribution in [0.4, 0.5) is 4.79 Å². The van der Waals surface area contributed by atoms with Crippen molar-refractivity contribution in [2.45, 2.75) is 19.8 Å². The number of imide groups is 1. The zero-order valence-corrected chi connectivity index (χ0v) is 11.4. The Morgan fingerprint density at radius 3 is 2.85 bits per heavy atom. The van der Waals surface area contributed by atoms with Gasteiger partial charge in [-0.2, -0.15) is 0 Å². The number of hydrogen-bond donors (Lipinski definition) is 0. The van der Waals surface area contributed by atoms with Crippen LogP contribution >= 0.6 is 0 Å². The van der Waals surface area contributed by atoms with Crippen molar-refractivity contribution < 1.29 is 19.2 Å². The van der Waals surface area contributed by atoms with Crippen molar-refractivity contribution in [1.29, 1.82) is 0 Å². The summed E-state index contributed by atoms with van der Waals surface area (Å²) in [6, 6.07) is 8.55. The van der Waals surface area contributed by atoms with Gasteiger partial charge in [0, 0.05) is 0 Å². The Kier molecular flexibility index (Phi) is 4.20. The molecule has 1 fully saturated rings. The third kappa shape index (κ3) is 2.88. The standard InChI is InChI=1S/C15H17NO4/c1-3-9-15(2)10-11-19-16(13(15)17)14(18)20-12-7-5-4-6-8-12/h3-8H,1,9-11H2,2H3/t15-/m1/s1. The molecule has 1 heterocycles. The molecule has 2 amide bonds. The number of carbonyl (C=O) groups is 2. The lowest BCUT2D eigenvalue weighted by molar-refractivity contribution is -0.200. The fraction of sp³-hybridized carbons (Fsp3) is 0.333. The van der Waals surface area contributed by atoms with Gasteiger partial charge in [-0.3, -0.25) is 9.63 Å². The zero-order valence-electron chi connectivity index (χ0n) is 11.4. The second kappa shape index (κ2) is 5.88. The molecular formula is C15H17NO4. The molecule has 0 saturated carbocycles. The van der Waals surface area contributed by atoms with Crippen molar-refractivity contribution in [2.24, 2.45) is 5.41 Å². The Bertz CT molecular complexity index is 514. The van der Waals surface area contributed by atoms with E-state index < -0.39 is 17.4 Å². The Balaban J connectivity index is 2.09. The maximum absolute atomic E-state index is 12.3. The molecule has 2 rings (SSSR count). The van der Waals surface area contributed by atoms with Gasteiger partial charge in [-0.25, -0.2) is 4.79 Å². The van der Waals surface area contributed by atoms with Crippen molar-refractivity contribution in [2.75, 3.05) is 6.61 Å². The normalized spacial score (nSPS) is 22.4. The van der Waals surface area contributed by atoms with Crippen LogP contribution in [0.2, 0.25) is 0 Å². The molecule has 5 nitrogen and oxygen atoms in total.